The minimum Gasteiger partial charge on any atom is -0.377 e. The first-order valence-electron chi connectivity index (χ1n) is 6.87. The predicted octanol–water partition coefficient (Wildman–Crippen LogP) is 1.70. The summed E-state index contributed by atoms with van der Waals surface area (Å²) in [5, 5.41) is 7.42. The summed E-state index contributed by atoms with van der Waals surface area (Å²) in [7, 11) is -1.36. The molecule has 1 aromatic heterocycles. The van der Waals surface area contributed by atoms with Gasteiger partial charge in [0.25, 0.3) is 0 Å². The van der Waals surface area contributed by atoms with Crippen LogP contribution in [0.4, 0.5) is 5.82 Å². The van der Waals surface area contributed by atoms with Crippen LogP contribution in [0.1, 0.15) is 25.5 Å². The highest BCUT2D eigenvalue weighted by atomic mass is 35.5. The highest BCUT2D eigenvalue weighted by Gasteiger charge is 2.51. The highest BCUT2D eigenvalue weighted by Crippen LogP contribution is 2.50. The van der Waals surface area contributed by atoms with Gasteiger partial charge >= 0.3 is 0 Å². The summed E-state index contributed by atoms with van der Waals surface area (Å²) in [4.78, 5) is 10.7. The molecule has 1 N–H and O–H groups in total. The number of hydrogen-bond donors (Lipinski definition) is 1. The third kappa shape index (κ3) is 2.69. The van der Waals surface area contributed by atoms with Crippen LogP contribution < -0.4 is 4.90 Å². The van der Waals surface area contributed by atoms with E-state index in [1.54, 1.807) is 0 Å². The fourth-order valence-electron chi connectivity index (χ4n) is 2.64. The van der Waals surface area contributed by atoms with Crippen molar-refractivity contribution < 1.29 is 8.95 Å². The van der Waals surface area contributed by atoms with E-state index in [0.717, 1.165) is 30.8 Å². The molecule has 21 heavy (non-hydrogen) atoms. The molecular weight excluding hydrogens is 312 g/mol. The molecule has 0 aromatic carbocycles. The van der Waals surface area contributed by atoms with E-state index in [1.165, 1.54) is 0 Å². The average molecular weight is 329 g/mol. The van der Waals surface area contributed by atoms with Crippen molar-refractivity contribution in [3.8, 4) is 0 Å². The quantitative estimate of drug-likeness (QED) is 0.517. The van der Waals surface area contributed by atoms with Crippen molar-refractivity contribution in [2.24, 2.45) is 0 Å². The van der Waals surface area contributed by atoms with Gasteiger partial charge in [-0.05, 0) is 31.4 Å². The Labute approximate surface area is 130 Å². The Morgan fingerprint density at radius 3 is 2.95 bits per heavy atom. The molecule has 1 unspecified atom stereocenters. The first-order chi connectivity index (χ1) is 10.1. The number of nitrogens with zero attached hydrogens (tertiary/aromatic N) is 3. The first kappa shape index (κ1) is 14.9. The summed E-state index contributed by atoms with van der Waals surface area (Å²) < 4.78 is 17.0. The molecule has 0 bridgehead atoms. The topological polar surface area (TPSA) is 79.2 Å². The number of hydrogen-bond acceptors (Lipinski definition) is 6. The fraction of sp³-hybridized carbons (Fsp3) is 0.615. The zero-order valence-corrected chi connectivity index (χ0v) is 13.3. The van der Waals surface area contributed by atoms with E-state index in [9.17, 15) is 4.21 Å². The van der Waals surface area contributed by atoms with Crippen molar-refractivity contribution in [2.45, 2.75) is 30.6 Å². The lowest BCUT2D eigenvalue weighted by atomic mass is 10.2. The molecule has 1 aliphatic carbocycles. The molecule has 1 saturated heterocycles. The third-order valence-corrected chi connectivity index (χ3v) is 5.78. The molecule has 2 heterocycles. The van der Waals surface area contributed by atoms with Crippen LogP contribution >= 0.6 is 11.6 Å². The van der Waals surface area contributed by atoms with Crippen molar-refractivity contribution in [1.82, 2.24) is 9.97 Å². The molecule has 1 saturated carbocycles. The Morgan fingerprint density at radius 1 is 1.57 bits per heavy atom. The first-order valence-corrected chi connectivity index (χ1v) is 8.46. The van der Waals surface area contributed by atoms with Gasteiger partial charge in [0.2, 0.25) is 5.28 Å². The molecule has 1 aliphatic heterocycles. The van der Waals surface area contributed by atoms with E-state index in [0.29, 0.717) is 18.9 Å². The average Bonchev–Trinajstić information content (AvgIpc) is 3.28. The van der Waals surface area contributed by atoms with Gasteiger partial charge in [-0.1, -0.05) is 0 Å². The largest absolute Gasteiger partial charge is 0.377 e. The predicted molar refractivity (Wildman–Crippen MR) is 82.5 cm³/mol. The van der Waals surface area contributed by atoms with Crippen LogP contribution in [0, 0.1) is 5.41 Å². The minimum atomic E-state index is -1.36. The van der Waals surface area contributed by atoms with Crippen LogP contribution in [0.15, 0.2) is 6.07 Å². The van der Waals surface area contributed by atoms with E-state index < -0.39 is 15.5 Å². The highest BCUT2D eigenvalue weighted by molar-refractivity contribution is 7.99. The second-order valence-corrected chi connectivity index (χ2v) is 7.36. The minimum absolute atomic E-state index is 0.162. The molecule has 2 fully saturated rings. The molecule has 2 atom stereocenters. The van der Waals surface area contributed by atoms with Gasteiger partial charge < -0.3 is 9.64 Å². The number of ether oxygens (including phenoxy) is 1. The Bertz CT molecular complexity index is 594. The number of nitrogens with one attached hydrogen (secondary N) is 1. The van der Waals surface area contributed by atoms with Crippen molar-refractivity contribution in [1.29, 1.82) is 5.41 Å². The van der Waals surface area contributed by atoms with Gasteiger partial charge in [0.15, 0.2) is 0 Å². The van der Waals surface area contributed by atoms with Gasteiger partial charge in [-0.15, -0.1) is 0 Å². The monoisotopic (exact) mass is 328 g/mol. The molecule has 114 valence electrons. The van der Waals surface area contributed by atoms with Gasteiger partial charge in [0.05, 0.1) is 46.0 Å². The molecule has 0 radical (unpaired) electrons. The van der Waals surface area contributed by atoms with Crippen LogP contribution in [0.5, 0.6) is 0 Å². The number of halogens is 1. The van der Waals surface area contributed by atoms with Crippen molar-refractivity contribution in [3.05, 3.63) is 17.0 Å². The van der Waals surface area contributed by atoms with Crippen LogP contribution in [0.2, 0.25) is 5.28 Å². The van der Waals surface area contributed by atoms with E-state index >= 15 is 0 Å². The van der Waals surface area contributed by atoms with Gasteiger partial charge in [-0.25, -0.2) is 9.97 Å². The van der Waals surface area contributed by atoms with Gasteiger partial charge in [-0.3, -0.25) is 9.62 Å². The van der Waals surface area contributed by atoms with Crippen molar-refractivity contribution in [2.75, 3.05) is 24.7 Å². The Hall–Kier alpha value is -1.05. The normalized spacial score (nSPS) is 25.4. The van der Waals surface area contributed by atoms with E-state index in [-0.39, 0.29) is 11.3 Å². The lowest BCUT2D eigenvalue weighted by molar-refractivity contribution is 0.0985. The number of morpholine rings is 1. The maximum atomic E-state index is 12.1. The third-order valence-electron chi connectivity index (χ3n) is 4.01. The van der Waals surface area contributed by atoms with Crippen molar-refractivity contribution >= 4 is 33.8 Å². The molecule has 6 nitrogen and oxygen atoms in total. The molecule has 8 heteroatoms. The second-order valence-electron chi connectivity index (χ2n) is 5.41. The Morgan fingerprint density at radius 2 is 2.33 bits per heavy atom. The summed E-state index contributed by atoms with van der Waals surface area (Å²) in [5.41, 5.74) is 1.66. The van der Waals surface area contributed by atoms with Crippen LogP contribution in [0.25, 0.3) is 0 Å². The lowest BCUT2D eigenvalue weighted by Crippen LogP contribution is -2.44. The van der Waals surface area contributed by atoms with Gasteiger partial charge in [0.1, 0.15) is 5.82 Å². The summed E-state index contributed by atoms with van der Waals surface area (Å²) in [6.07, 6.45) is 1.53. The molecule has 3 rings (SSSR count). The number of anilines is 1. The van der Waals surface area contributed by atoms with E-state index in [2.05, 4.69) is 21.8 Å². The maximum Gasteiger partial charge on any atom is 0.224 e. The molecule has 0 amide bonds. The summed E-state index contributed by atoms with van der Waals surface area (Å²) in [5.74, 6) is 0.744. The molecule has 0 spiro atoms. The molecule has 2 aliphatic rings. The standard InChI is InChI=1S/C13H17ClN4O2S/c1-9-7-20-5-4-18(9)11-6-10(16-12(14)17-11)13(2-3-13)21(19)8-15/h6,8-9,15H,2-5,7H2,1H3/t9-,21?/m1/s1. The van der Waals surface area contributed by atoms with Crippen LogP contribution in [-0.2, 0) is 20.3 Å². The number of rotatable bonds is 4. The molecule has 1 aromatic rings. The SMILES string of the molecule is C[C@@H]1COCCN1c1cc(C2(S(=O)C=N)CC2)nc(Cl)n1. The van der Waals surface area contributed by atoms with Crippen molar-refractivity contribution in [3.63, 3.8) is 0 Å². The lowest BCUT2D eigenvalue weighted by Gasteiger charge is -2.34. The summed E-state index contributed by atoms with van der Waals surface area (Å²) in [6.45, 7) is 4.11. The Kier molecular flexibility index (Phi) is 3.98. The zero-order valence-electron chi connectivity index (χ0n) is 11.7. The van der Waals surface area contributed by atoms with E-state index in [4.69, 9.17) is 21.7 Å². The molecular formula is C13H17ClN4O2S. The maximum absolute atomic E-state index is 12.1. The van der Waals surface area contributed by atoms with Gasteiger partial charge in [-0.2, -0.15) is 0 Å². The smallest absolute Gasteiger partial charge is 0.224 e. The zero-order chi connectivity index (χ0) is 15.0. The number of aromatic nitrogens is 2. The summed E-state index contributed by atoms with van der Waals surface area (Å²) in [6, 6.07) is 2.07. The van der Waals surface area contributed by atoms with Crippen LogP contribution in [0.3, 0.4) is 0 Å². The van der Waals surface area contributed by atoms with E-state index in [1.807, 2.05) is 6.07 Å². The summed E-state index contributed by atoms with van der Waals surface area (Å²) >= 11 is 6.06. The Balaban J connectivity index is 1.97. The fourth-order valence-corrected chi connectivity index (χ4v) is 3.86. The second kappa shape index (κ2) is 5.62. The van der Waals surface area contributed by atoms with Crippen LogP contribution in [-0.4, -0.2) is 45.5 Å². The van der Waals surface area contributed by atoms with Gasteiger partial charge in [0, 0.05) is 12.6 Å².